The molecule has 0 aromatic heterocycles. The van der Waals surface area contributed by atoms with Gasteiger partial charge in [0.25, 0.3) is 11.6 Å². The van der Waals surface area contributed by atoms with Crippen LogP contribution in [0.15, 0.2) is 24.3 Å². The summed E-state index contributed by atoms with van der Waals surface area (Å²) >= 11 is 0. The predicted molar refractivity (Wildman–Crippen MR) is 75.7 cm³/mol. The van der Waals surface area contributed by atoms with E-state index in [1.54, 1.807) is 0 Å². The summed E-state index contributed by atoms with van der Waals surface area (Å²) in [4.78, 5) is 24.5. The Morgan fingerprint density at radius 2 is 2.10 bits per heavy atom. The molecule has 20 heavy (non-hydrogen) atoms. The van der Waals surface area contributed by atoms with Gasteiger partial charge in [0.2, 0.25) is 0 Å². The van der Waals surface area contributed by atoms with Gasteiger partial charge in [0, 0.05) is 36.8 Å². The van der Waals surface area contributed by atoms with Crippen molar-refractivity contribution in [3.8, 4) is 0 Å². The number of nitrogens with one attached hydrogen (secondary N) is 1. The quantitative estimate of drug-likeness (QED) is 0.672. The normalized spacial score (nSPS) is 18.9. The Balaban J connectivity index is 2.14. The summed E-state index contributed by atoms with van der Waals surface area (Å²) < 4.78 is 0. The number of amides is 1. The molecule has 0 radical (unpaired) electrons. The van der Waals surface area contributed by atoms with E-state index in [1.807, 2.05) is 11.9 Å². The molecule has 1 heterocycles. The van der Waals surface area contributed by atoms with E-state index in [0.29, 0.717) is 5.56 Å². The van der Waals surface area contributed by atoms with Crippen molar-refractivity contribution in [3.63, 3.8) is 0 Å². The van der Waals surface area contributed by atoms with Gasteiger partial charge in [0.15, 0.2) is 0 Å². The summed E-state index contributed by atoms with van der Waals surface area (Å²) in [6.07, 6.45) is 3.15. The molecule has 108 valence electrons. The first-order valence-corrected chi connectivity index (χ1v) is 6.83. The van der Waals surface area contributed by atoms with Gasteiger partial charge in [-0.25, -0.2) is 0 Å². The fraction of sp³-hybridized carbons (Fsp3) is 0.500. The molecule has 1 fully saturated rings. The lowest BCUT2D eigenvalue weighted by atomic mass is 10.0. The topological polar surface area (TPSA) is 75.5 Å². The fourth-order valence-corrected chi connectivity index (χ4v) is 2.61. The number of rotatable bonds is 4. The molecule has 1 saturated heterocycles. The van der Waals surface area contributed by atoms with Crippen LogP contribution in [0.5, 0.6) is 0 Å². The zero-order valence-corrected chi connectivity index (χ0v) is 11.5. The lowest BCUT2D eigenvalue weighted by Crippen LogP contribution is -2.48. The first kappa shape index (κ1) is 14.5. The van der Waals surface area contributed by atoms with E-state index in [-0.39, 0.29) is 17.6 Å². The average Bonchev–Trinajstić information content (AvgIpc) is 2.47. The lowest BCUT2D eigenvalue weighted by Gasteiger charge is -2.35. The molecule has 2 rings (SSSR count). The van der Waals surface area contributed by atoms with Gasteiger partial charge in [-0.1, -0.05) is 0 Å². The first-order valence-electron chi connectivity index (χ1n) is 6.83. The number of hydrogen-bond donors (Lipinski definition) is 1. The molecule has 6 heteroatoms. The highest BCUT2D eigenvalue weighted by atomic mass is 16.6. The van der Waals surface area contributed by atoms with Gasteiger partial charge in [-0.2, -0.15) is 0 Å². The van der Waals surface area contributed by atoms with Crippen LogP contribution in [0.1, 0.15) is 29.6 Å². The van der Waals surface area contributed by atoms with Crippen molar-refractivity contribution in [1.82, 2.24) is 10.2 Å². The van der Waals surface area contributed by atoms with E-state index in [9.17, 15) is 14.9 Å². The van der Waals surface area contributed by atoms with Crippen LogP contribution in [0.2, 0.25) is 0 Å². The van der Waals surface area contributed by atoms with Gasteiger partial charge in [0.05, 0.1) is 4.92 Å². The van der Waals surface area contributed by atoms with Crippen molar-refractivity contribution in [3.05, 3.63) is 39.9 Å². The molecule has 1 aliphatic heterocycles. The third-order valence-corrected chi connectivity index (χ3v) is 3.65. The number of carbonyl (C=O) groups is 1. The molecular formula is C14H19N3O3. The zero-order valence-electron chi connectivity index (χ0n) is 11.5. The van der Waals surface area contributed by atoms with Gasteiger partial charge >= 0.3 is 0 Å². The highest BCUT2D eigenvalue weighted by molar-refractivity contribution is 5.94. The van der Waals surface area contributed by atoms with Crippen LogP contribution in [0, 0.1) is 10.1 Å². The molecule has 1 amide bonds. The summed E-state index contributed by atoms with van der Waals surface area (Å²) in [7, 11) is 1.88. The second kappa shape index (κ2) is 6.47. The molecule has 1 unspecified atom stereocenters. The molecule has 1 aromatic carbocycles. The minimum Gasteiger partial charge on any atom is -0.334 e. The monoisotopic (exact) mass is 277 g/mol. The molecule has 0 bridgehead atoms. The summed E-state index contributed by atoms with van der Waals surface area (Å²) in [5.41, 5.74) is 0.519. The summed E-state index contributed by atoms with van der Waals surface area (Å²) in [5, 5.41) is 13.7. The minimum atomic E-state index is -0.459. The minimum absolute atomic E-state index is 0.00645. The van der Waals surface area contributed by atoms with E-state index in [2.05, 4.69) is 5.32 Å². The number of likely N-dealkylation sites (N-methyl/N-ethyl adjacent to an activating group) is 1. The first-order chi connectivity index (χ1) is 9.63. The van der Waals surface area contributed by atoms with Gasteiger partial charge in [-0.05, 0) is 38.4 Å². The van der Waals surface area contributed by atoms with Gasteiger partial charge in [-0.3, -0.25) is 14.9 Å². The maximum atomic E-state index is 12.5. The highest BCUT2D eigenvalue weighted by Gasteiger charge is 2.27. The molecule has 0 spiro atoms. The Morgan fingerprint density at radius 3 is 2.70 bits per heavy atom. The van der Waals surface area contributed by atoms with Crippen LogP contribution >= 0.6 is 0 Å². The second-order valence-corrected chi connectivity index (χ2v) is 5.01. The number of nitro groups is 1. The molecule has 0 saturated carbocycles. The predicted octanol–water partition coefficient (Wildman–Crippen LogP) is 1.81. The fourth-order valence-electron chi connectivity index (χ4n) is 2.61. The van der Waals surface area contributed by atoms with Crippen molar-refractivity contribution in [2.75, 3.05) is 20.1 Å². The number of likely N-dealkylation sites (tertiary alicyclic amines) is 1. The van der Waals surface area contributed by atoms with Crippen molar-refractivity contribution in [1.29, 1.82) is 0 Å². The highest BCUT2D eigenvalue weighted by Crippen LogP contribution is 2.20. The standard InChI is InChI=1S/C14H19N3O3/c1-15-10-13-4-2-3-9-16(13)14(18)11-5-7-12(8-6-11)17(19)20/h5-8,13,15H,2-4,9-10H2,1H3. The molecule has 1 N–H and O–H groups in total. The Bertz CT molecular complexity index is 485. The van der Waals surface area contributed by atoms with E-state index in [1.165, 1.54) is 24.3 Å². The number of piperidine rings is 1. The van der Waals surface area contributed by atoms with Gasteiger partial charge in [-0.15, -0.1) is 0 Å². The van der Waals surface area contributed by atoms with Crippen LogP contribution in [0.3, 0.4) is 0 Å². The van der Waals surface area contributed by atoms with E-state index in [0.717, 1.165) is 32.4 Å². The number of benzene rings is 1. The van der Waals surface area contributed by atoms with Crippen LogP contribution in [-0.2, 0) is 0 Å². The Kier molecular flexibility index (Phi) is 4.68. The molecule has 1 atom stereocenters. The third-order valence-electron chi connectivity index (χ3n) is 3.65. The van der Waals surface area contributed by atoms with Gasteiger partial charge in [0.1, 0.15) is 0 Å². The number of carbonyl (C=O) groups excluding carboxylic acids is 1. The number of nitrogens with zero attached hydrogens (tertiary/aromatic N) is 2. The molecule has 6 nitrogen and oxygen atoms in total. The number of nitro benzene ring substituents is 1. The summed E-state index contributed by atoms with van der Waals surface area (Å²) in [6.45, 7) is 1.53. The summed E-state index contributed by atoms with van der Waals surface area (Å²) in [5.74, 6) is -0.0418. The zero-order chi connectivity index (χ0) is 14.5. The van der Waals surface area contributed by atoms with Crippen molar-refractivity contribution >= 4 is 11.6 Å². The van der Waals surface area contributed by atoms with E-state index >= 15 is 0 Å². The molecule has 0 aliphatic carbocycles. The maximum absolute atomic E-state index is 12.5. The second-order valence-electron chi connectivity index (χ2n) is 5.01. The smallest absolute Gasteiger partial charge is 0.269 e. The van der Waals surface area contributed by atoms with Crippen molar-refractivity contribution in [2.45, 2.75) is 25.3 Å². The van der Waals surface area contributed by atoms with Crippen LogP contribution in [0.25, 0.3) is 0 Å². The van der Waals surface area contributed by atoms with Crippen molar-refractivity contribution < 1.29 is 9.72 Å². The number of hydrogen-bond acceptors (Lipinski definition) is 4. The van der Waals surface area contributed by atoms with Crippen LogP contribution < -0.4 is 5.32 Å². The lowest BCUT2D eigenvalue weighted by molar-refractivity contribution is -0.384. The molecule has 1 aliphatic rings. The average molecular weight is 277 g/mol. The molecule has 1 aromatic rings. The third kappa shape index (κ3) is 3.14. The Morgan fingerprint density at radius 1 is 1.40 bits per heavy atom. The van der Waals surface area contributed by atoms with Crippen LogP contribution in [0.4, 0.5) is 5.69 Å². The van der Waals surface area contributed by atoms with Crippen molar-refractivity contribution in [2.24, 2.45) is 0 Å². The SMILES string of the molecule is CNCC1CCCCN1C(=O)c1ccc([N+](=O)[O-])cc1. The van der Waals surface area contributed by atoms with E-state index < -0.39 is 4.92 Å². The van der Waals surface area contributed by atoms with E-state index in [4.69, 9.17) is 0 Å². The maximum Gasteiger partial charge on any atom is 0.269 e. The Hall–Kier alpha value is -1.95. The summed E-state index contributed by atoms with van der Waals surface area (Å²) in [6, 6.07) is 6.03. The van der Waals surface area contributed by atoms with Gasteiger partial charge < -0.3 is 10.2 Å². The van der Waals surface area contributed by atoms with Crippen LogP contribution in [-0.4, -0.2) is 41.9 Å². The molecular weight excluding hydrogens is 258 g/mol. The largest absolute Gasteiger partial charge is 0.334 e. The Labute approximate surface area is 117 Å². The number of non-ortho nitro benzene ring substituents is 1.